The molecule has 3 rings (SSSR count). The Bertz CT molecular complexity index is 1420. The second kappa shape index (κ2) is 11.0. The summed E-state index contributed by atoms with van der Waals surface area (Å²) in [4.78, 5) is 12.7. The van der Waals surface area contributed by atoms with Crippen LogP contribution in [-0.2, 0) is 14.8 Å². The van der Waals surface area contributed by atoms with E-state index in [0.717, 1.165) is 0 Å². The summed E-state index contributed by atoms with van der Waals surface area (Å²) in [5.74, 6) is -0.674. The Morgan fingerprint density at radius 2 is 1.69 bits per heavy atom. The number of ether oxygens (including phenoxy) is 1. The van der Waals surface area contributed by atoms with Crippen LogP contribution < -0.4 is 14.8 Å². The number of anilines is 2. The van der Waals surface area contributed by atoms with Crippen molar-refractivity contribution in [3.63, 3.8) is 0 Å². The maximum Gasteiger partial charge on any atom is 0.279 e. The Morgan fingerprint density at radius 1 is 1.03 bits per heavy atom. The van der Waals surface area contributed by atoms with E-state index in [1.54, 1.807) is 61.5 Å². The molecule has 0 aliphatic heterocycles. The Hall–Kier alpha value is -3.89. The van der Waals surface area contributed by atoms with Crippen LogP contribution in [0.25, 0.3) is 0 Å². The normalized spacial score (nSPS) is 12.2. The average molecular weight is 515 g/mol. The summed E-state index contributed by atoms with van der Waals surface area (Å²) in [6.45, 7) is 2.92. The van der Waals surface area contributed by atoms with Crippen LogP contribution >= 0.6 is 11.6 Å². The van der Waals surface area contributed by atoms with E-state index in [0.29, 0.717) is 17.0 Å². The topological polar surface area (TPSA) is 129 Å². The van der Waals surface area contributed by atoms with Gasteiger partial charge < -0.3 is 15.2 Å². The molecule has 35 heavy (non-hydrogen) atoms. The first-order valence-corrected chi connectivity index (χ1v) is 12.1. The van der Waals surface area contributed by atoms with E-state index in [1.807, 2.05) is 0 Å². The van der Waals surface area contributed by atoms with Crippen molar-refractivity contribution in [3.05, 3.63) is 88.8 Å². The number of halogens is 1. The summed E-state index contributed by atoms with van der Waals surface area (Å²) in [6, 6.07) is 17.6. The molecule has 1 amide bonds. The molecule has 0 unspecified atom stereocenters. The molecule has 0 saturated carbocycles. The van der Waals surface area contributed by atoms with E-state index in [4.69, 9.17) is 16.3 Å². The van der Waals surface area contributed by atoms with Crippen LogP contribution in [0.5, 0.6) is 5.75 Å². The number of aryl methyl sites for hydroxylation is 1. The fourth-order valence-corrected chi connectivity index (χ4v) is 4.59. The van der Waals surface area contributed by atoms with E-state index >= 15 is 0 Å². The number of carbonyl (C=O) groups excluding carboxylic acids is 1. The summed E-state index contributed by atoms with van der Waals surface area (Å²) >= 11 is 6.07. The average Bonchev–Trinajstić information content (AvgIpc) is 2.81. The number of azo groups is 1. The predicted molar refractivity (Wildman–Crippen MR) is 135 cm³/mol. The number of aliphatic hydroxyl groups is 1. The maximum atomic E-state index is 13.0. The molecule has 3 aromatic carbocycles. The van der Waals surface area contributed by atoms with Gasteiger partial charge in [-0.1, -0.05) is 41.9 Å². The molecule has 0 atom stereocenters. The van der Waals surface area contributed by atoms with Gasteiger partial charge in [-0.2, -0.15) is 5.11 Å². The third-order valence-corrected chi connectivity index (χ3v) is 6.59. The summed E-state index contributed by atoms with van der Waals surface area (Å²) in [7, 11) is -2.54. The zero-order valence-electron chi connectivity index (χ0n) is 19.1. The number of methoxy groups -OCH3 is 1. The highest BCUT2D eigenvalue weighted by molar-refractivity contribution is 7.92. The smallest absolute Gasteiger partial charge is 0.279 e. The van der Waals surface area contributed by atoms with Gasteiger partial charge in [-0.15, -0.1) is 5.11 Å². The first-order valence-electron chi connectivity index (χ1n) is 10.3. The van der Waals surface area contributed by atoms with E-state index in [9.17, 15) is 18.3 Å². The summed E-state index contributed by atoms with van der Waals surface area (Å²) in [5.41, 5.74) is 0.874. The summed E-state index contributed by atoms with van der Waals surface area (Å²) < 4.78 is 33.6. The van der Waals surface area contributed by atoms with Gasteiger partial charge in [-0.05, 0) is 55.8 Å². The fourth-order valence-electron chi connectivity index (χ4n) is 3.00. The Kier molecular flexibility index (Phi) is 8.10. The fraction of sp³-hybridized carbons (Fsp3) is 0.125. The standard InChI is InChI=1S/C24H23ClN4O5S/c1-15-12-13-17(14-22(15)35(32,33)29-19-9-5-4-8-18(19)25)27-28-23(16(2)30)24(31)26-20-10-6-7-11-21(20)34-3/h4-14,29-30H,1-3H3,(H,26,31)/b23-16-,28-27?. The van der Waals surface area contributed by atoms with E-state index in [2.05, 4.69) is 20.3 Å². The molecule has 9 nitrogen and oxygen atoms in total. The Balaban J connectivity index is 1.87. The van der Waals surface area contributed by atoms with Gasteiger partial charge in [0, 0.05) is 0 Å². The third-order valence-electron chi connectivity index (χ3n) is 4.76. The van der Waals surface area contributed by atoms with Crippen LogP contribution in [0.1, 0.15) is 12.5 Å². The molecular weight excluding hydrogens is 492 g/mol. The van der Waals surface area contributed by atoms with Crippen LogP contribution in [0, 0.1) is 6.92 Å². The van der Waals surface area contributed by atoms with Gasteiger partial charge in [0.1, 0.15) is 11.5 Å². The number of nitrogens with zero attached hydrogens (tertiary/aromatic N) is 2. The van der Waals surface area contributed by atoms with Crippen molar-refractivity contribution in [2.75, 3.05) is 17.1 Å². The Labute approximate surface area is 208 Å². The molecule has 0 heterocycles. The van der Waals surface area contributed by atoms with Crippen LogP contribution in [0.3, 0.4) is 0 Å². The zero-order chi connectivity index (χ0) is 25.6. The lowest BCUT2D eigenvalue weighted by Crippen LogP contribution is -2.15. The molecule has 3 N–H and O–H groups in total. The number of amides is 1. The molecule has 0 aliphatic rings. The van der Waals surface area contributed by atoms with Crippen molar-refractivity contribution < 1.29 is 23.1 Å². The van der Waals surface area contributed by atoms with Crippen molar-refractivity contribution in [2.45, 2.75) is 18.7 Å². The largest absolute Gasteiger partial charge is 0.510 e. The Morgan fingerprint density at radius 3 is 2.34 bits per heavy atom. The molecule has 0 fully saturated rings. The lowest BCUT2D eigenvalue weighted by molar-refractivity contribution is -0.113. The first kappa shape index (κ1) is 25.7. The highest BCUT2D eigenvalue weighted by Gasteiger charge is 2.20. The quantitative estimate of drug-likeness (QED) is 0.194. The molecule has 3 aromatic rings. The number of aliphatic hydroxyl groups excluding tert-OH is 1. The summed E-state index contributed by atoms with van der Waals surface area (Å²) in [6.07, 6.45) is 0. The van der Waals surface area contributed by atoms with Gasteiger partial charge in [0.05, 0.1) is 34.1 Å². The van der Waals surface area contributed by atoms with Gasteiger partial charge >= 0.3 is 0 Å². The van der Waals surface area contributed by atoms with Crippen LogP contribution in [0.15, 0.2) is 93.3 Å². The van der Waals surface area contributed by atoms with Crippen molar-refractivity contribution >= 4 is 44.6 Å². The number of benzene rings is 3. The van der Waals surface area contributed by atoms with Gasteiger partial charge in [-0.3, -0.25) is 9.52 Å². The van der Waals surface area contributed by atoms with Crippen molar-refractivity contribution in [1.29, 1.82) is 0 Å². The lowest BCUT2D eigenvalue weighted by Gasteiger charge is -2.12. The number of allylic oxidation sites excluding steroid dienone is 1. The number of hydrogen-bond acceptors (Lipinski definition) is 7. The molecule has 0 saturated heterocycles. The molecule has 0 aromatic heterocycles. The second-order valence-corrected chi connectivity index (χ2v) is 9.38. The molecule has 11 heteroatoms. The predicted octanol–water partition coefficient (Wildman–Crippen LogP) is 5.97. The van der Waals surface area contributed by atoms with Gasteiger partial charge in [0.2, 0.25) is 0 Å². The minimum Gasteiger partial charge on any atom is -0.510 e. The molecule has 0 spiro atoms. The number of sulfonamides is 1. The molecule has 0 bridgehead atoms. The number of rotatable bonds is 8. The maximum absolute atomic E-state index is 13.0. The molecule has 182 valence electrons. The highest BCUT2D eigenvalue weighted by atomic mass is 35.5. The number of para-hydroxylation sites is 3. The van der Waals surface area contributed by atoms with Gasteiger partial charge in [0.15, 0.2) is 5.70 Å². The number of carbonyl (C=O) groups is 1. The number of nitrogens with one attached hydrogen (secondary N) is 2. The zero-order valence-corrected chi connectivity index (χ0v) is 20.7. The summed E-state index contributed by atoms with van der Waals surface area (Å²) in [5, 5.41) is 20.7. The van der Waals surface area contributed by atoms with Crippen molar-refractivity contribution in [1.82, 2.24) is 0 Å². The van der Waals surface area contributed by atoms with Crippen LogP contribution in [0.2, 0.25) is 5.02 Å². The SMILES string of the molecule is COc1ccccc1NC(=O)/C(N=Nc1ccc(C)c(S(=O)(=O)Nc2ccccc2Cl)c1)=C(\C)O. The highest BCUT2D eigenvalue weighted by Crippen LogP contribution is 2.28. The van der Waals surface area contributed by atoms with Gasteiger partial charge in [-0.25, -0.2) is 8.42 Å². The number of hydrogen-bond donors (Lipinski definition) is 3. The van der Waals surface area contributed by atoms with Crippen LogP contribution in [0.4, 0.5) is 17.1 Å². The van der Waals surface area contributed by atoms with Crippen LogP contribution in [-0.4, -0.2) is 26.5 Å². The molecule has 0 aliphatic carbocycles. The van der Waals surface area contributed by atoms with Crippen molar-refractivity contribution in [3.8, 4) is 5.75 Å². The lowest BCUT2D eigenvalue weighted by atomic mass is 10.2. The minimum absolute atomic E-state index is 0.0430. The van der Waals surface area contributed by atoms with E-state index in [1.165, 1.54) is 26.2 Å². The van der Waals surface area contributed by atoms with E-state index in [-0.39, 0.29) is 32.7 Å². The van der Waals surface area contributed by atoms with Crippen molar-refractivity contribution in [2.24, 2.45) is 10.2 Å². The van der Waals surface area contributed by atoms with Gasteiger partial charge in [0.25, 0.3) is 15.9 Å². The molecular formula is C24H23ClN4O5S. The monoisotopic (exact) mass is 514 g/mol. The second-order valence-electron chi connectivity index (χ2n) is 7.32. The first-order chi connectivity index (χ1) is 16.6. The van der Waals surface area contributed by atoms with E-state index < -0.39 is 15.9 Å². The minimum atomic E-state index is -4.00. The third kappa shape index (κ3) is 6.37. The molecule has 0 radical (unpaired) electrons.